The van der Waals surface area contributed by atoms with Crippen LogP contribution in [0.4, 0.5) is 11.4 Å². The number of hydroxylamine groups is 1. The molecule has 3 aromatic carbocycles. The van der Waals surface area contributed by atoms with Crippen LogP contribution in [0.3, 0.4) is 0 Å². The van der Waals surface area contributed by atoms with Gasteiger partial charge in [-0.15, -0.1) is 0 Å². The quantitative estimate of drug-likeness (QED) is 0.653. The molecule has 0 aliphatic carbocycles. The fourth-order valence-corrected chi connectivity index (χ4v) is 4.55. The van der Waals surface area contributed by atoms with Gasteiger partial charge in [-0.2, -0.15) is 0 Å². The van der Waals surface area contributed by atoms with Gasteiger partial charge in [-0.3, -0.25) is 14.4 Å². The molecular weight excluding hydrogens is 392 g/mol. The van der Waals surface area contributed by atoms with Gasteiger partial charge in [-0.1, -0.05) is 54.1 Å². The smallest absolute Gasteiger partial charge is 0.266 e. The highest BCUT2D eigenvalue weighted by Crippen LogP contribution is 2.56. The second-order valence-electron chi connectivity index (χ2n) is 8.21. The lowest BCUT2D eigenvalue weighted by atomic mass is 9.76. The summed E-state index contributed by atoms with van der Waals surface area (Å²) in [5.74, 6) is -0.707. The summed E-state index contributed by atoms with van der Waals surface area (Å²) >= 11 is 0. The van der Waals surface area contributed by atoms with Gasteiger partial charge in [0.2, 0.25) is 5.91 Å². The van der Waals surface area contributed by atoms with Crippen LogP contribution in [0.15, 0.2) is 78.9 Å². The Labute approximate surface area is 180 Å². The van der Waals surface area contributed by atoms with Crippen LogP contribution in [0.25, 0.3) is 0 Å². The second kappa shape index (κ2) is 6.96. The van der Waals surface area contributed by atoms with Gasteiger partial charge >= 0.3 is 0 Å². The molecular formula is C25H22N2O4. The Hall–Kier alpha value is -3.64. The third kappa shape index (κ3) is 2.75. The SMILES string of the molecule is Cc1ccc(N2C(=O)C3ON(c4ccccc4)C(c4ccccc4O)C3(C)C2=O)cc1. The molecule has 5 rings (SSSR count). The maximum absolute atomic E-state index is 13.8. The van der Waals surface area contributed by atoms with Gasteiger partial charge in [0.1, 0.15) is 17.2 Å². The molecule has 6 nitrogen and oxygen atoms in total. The number of hydrogen-bond donors (Lipinski definition) is 1. The van der Waals surface area contributed by atoms with Crippen LogP contribution in [-0.2, 0) is 14.4 Å². The number of aromatic hydroxyl groups is 1. The predicted octanol–water partition coefficient (Wildman–Crippen LogP) is 4.14. The second-order valence-corrected chi connectivity index (χ2v) is 8.21. The van der Waals surface area contributed by atoms with E-state index in [1.54, 1.807) is 48.4 Å². The number of carbonyl (C=O) groups is 2. The van der Waals surface area contributed by atoms with E-state index in [2.05, 4.69) is 0 Å². The summed E-state index contributed by atoms with van der Waals surface area (Å²) < 4.78 is 0. The molecule has 2 saturated heterocycles. The monoisotopic (exact) mass is 414 g/mol. The number of nitrogens with zero attached hydrogens (tertiary/aromatic N) is 2. The van der Waals surface area contributed by atoms with Crippen LogP contribution in [0.5, 0.6) is 5.75 Å². The molecule has 6 heteroatoms. The van der Waals surface area contributed by atoms with Crippen LogP contribution >= 0.6 is 0 Å². The molecule has 3 atom stereocenters. The van der Waals surface area contributed by atoms with E-state index in [0.717, 1.165) is 5.56 Å². The van der Waals surface area contributed by atoms with Crippen molar-refractivity contribution >= 4 is 23.2 Å². The zero-order valence-electron chi connectivity index (χ0n) is 17.2. The van der Waals surface area contributed by atoms with E-state index in [1.165, 1.54) is 4.90 Å². The molecule has 0 spiro atoms. The van der Waals surface area contributed by atoms with E-state index in [4.69, 9.17) is 4.84 Å². The molecule has 1 N–H and O–H groups in total. The Morgan fingerprint density at radius 3 is 2.19 bits per heavy atom. The highest BCUT2D eigenvalue weighted by molar-refractivity contribution is 6.25. The number of phenols is 1. The molecule has 2 aliphatic heterocycles. The van der Waals surface area contributed by atoms with Crippen molar-refractivity contribution in [3.63, 3.8) is 0 Å². The number of amides is 2. The number of anilines is 2. The van der Waals surface area contributed by atoms with E-state index in [9.17, 15) is 14.7 Å². The minimum Gasteiger partial charge on any atom is -0.508 e. The number of imide groups is 1. The average molecular weight is 414 g/mol. The number of carbonyl (C=O) groups excluding carboxylic acids is 2. The molecule has 156 valence electrons. The summed E-state index contributed by atoms with van der Waals surface area (Å²) in [5, 5.41) is 12.2. The maximum atomic E-state index is 13.8. The molecule has 2 aliphatic rings. The number of phenolic OH excluding ortho intramolecular Hbond substituents is 1. The lowest BCUT2D eigenvalue weighted by Crippen LogP contribution is -2.41. The van der Waals surface area contributed by atoms with E-state index in [0.29, 0.717) is 16.9 Å². The minimum atomic E-state index is -1.23. The number of aryl methyl sites for hydroxylation is 1. The Morgan fingerprint density at radius 1 is 0.871 bits per heavy atom. The van der Waals surface area contributed by atoms with Gasteiger partial charge in [-0.25, -0.2) is 9.96 Å². The fraction of sp³-hybridized carbons (Fsp3) is 0.200. The Kier molecular flexibility index (Phi) is 4.34. The van der Waals surface area contributed by atoms with Crippen molar-refractivity contribution in [2.45, 2.75) is 26.0 Å². The molecule has 3 unspecified atom stereocenters. The highest BCUT2D eigenvalue weighted by Gasteiger charge is 2.69. The summed E-state index contributed by atoms with van der Waals surface area (Å²) in [7, 11) is 0. The van der Waals surface area contributed by atoms with Crippen molar-refractivity contribution in [3.05, 3.63) is 90.0 Å². The van der Waals surface area contributed by atoms with Gasteiger partial charge < -0.3 is 5.11 Å². The van der Waals surface area contributed by atoms with Crippen LogP contribution in [-0.4, -0.2) is 23.0 Å². The first-order chi connectivity index (χ1) is 14.9. The first-order valence-corrected chi connectivity index (χ1v) is 10.2. The molecule has 0 radical (unpaired) electrons. The van der Waals surface area contributed by atoms with Crippen LogP contribution in [0.1, 0.15) is 24.1 Å². The fourth-order valence-electron chi connectivity index (χ4n) is 4.55. The number of benzene rings is 3. The summed E-state index contributed by atoms with van der Waals surface area (Å²) in [6, 6.07) is 22.7. The predicted molar refractivity (Wildman–Crippen MR) is 116 cm³/mol. The number of hydrogen-bond acceptors (Lipinski definition) is 5. The van der Waals surface area contributed by atoms with Crippen molar-refractivity contribution in [2.24, 2.45) is 5.41 Å². The molecule has 0 aromatic heterocycles. The highest BCUT2D eigenvalue weighted by atomic mass is 16.7. The standard InChI is InChI=1S/C25H22N2O4/c1-16-12-14-17(15-13-16)26-23(29)22-25(2,24(26)30)21(19-10-6-7-11-20(19)28)27(31-22)18-8-4-3-5-9-18/h3-15,21-22,28H,1-2H3. The number of para-hydroxylation sites is 2. The van der Waals surface area contributed by atoms with Gasteiger partial charge in [-0.05, 0) is 44.2 Å². The maximum Gasteiger partial charge on any atom is 0.266 e. The largest absolute Gasteiger partial charge is 0.508 e. The van der Waals surface area contributed by atoms with Crippen LogP contribution in [0.2, 0.25) is 0 Å². The van der Waals surface area contributed by atoms with Crippen molar-refractivity contribution in [1.29, 1.82) is 0 Å². The van der Waals surface area contributed by atoms with Crippen LogP contribution in [0, 0.1) is 12.3 Å². The van der Waals surface area contributed by atoms with Crippen molar-refractivity contribution < 1.29 is 19.5 Å². The summed E-state index contributed by atoms with van der Waals surface area (Å²) in [6.45, 7) is 3.69. The van der Waals surface area contributed by atoms with Crippen molar-refractivity contribution in [1.82, 2.24) is 0 Å². The van der Waals surface area contributed by atoms with Crippen LogP contribution < -0.4 is 9.96 Å². The van der Waals surface area contributed by atoms with Gasteiger partial charge in [0, 0.05) is 5.56 Å². The van der Waals surface area contributed by atoms with Gasteiger partial charge in [0.15, 0.2) is 6.10 Å². The van der Waals surface area contributed by atoms with E-state index in [-0.39, 0.29) is 11.7 Å². The van der Waals surface area contributed by atoms with E-state index >= 15 is 0 Å². The Balaban J connectivity index is 1.66. The van der Waals surface area contributed by atoms with E-state index in [1.807, 2.05) is 49.4 Å². The first-order valence-electron chi connectivity index (χ1n) is 10.2. The van der Waals surface area contributed by atoms with Gasteiger partial charge in [0.05, 0.1) is 11.4 Å². The molecule has 31 heavy (non-hydrogen) atoms. The lowest BCUT2D eigenvalue weighted by Gasteiger charge is -2.33. The lowest BCUT2D eigenvalue weighted by molar-refractivity contribution is -0.128. The summed E-state index contributed by atoms with van der Waals surface area (Å²) in [4.78, 5) is 34.6. The molecule has 2 heterocycles. The third-order valence-corrected chi connectivity index (χ3v) is 6.21. The minimum absolute atomic E-state index is 0.0490. The molecule has 3 aromatic rings. The first kappa shape index (κ1) is 19.3. The number of fused-ring (bicyclic) bond motifs is 1. The summed E-state index contributed by atoms with van der Waals surface area (Å²) in [5.41, 5.74) is 1.56. The molecule has 0 bridgehead atoms. The van der Waals surface area contributed by atoms with Gasteiger partial charge in [0.25, 0.3) is 5.91 Å². The molecule has 2 fully saturated rings. The average Bonchev–Trinajstić information content (AvgIpc) is 3.19. The van der Waals surface area contributed by atoms with Crippen molar-refractivity contribution in [3.8, 4) is 5.75 Å². The molecule has 2 amide bonds. The summed E-state index contributed by atoms with van der Waals surface area (Å²) in [6.07, 6.45) is -1.01. The van der Waals surface area contributed by atoms with Crippen molar-refractivity contribution in [2.75, 3.05) is 9.96 Å². The third-order valence-electron chi connectivity index (χ3n) is 6.21. The van der Waals surface area contributed by atoms with E-state index < -0.39 is 23.5 Å². The Bertz CT molecular complexity index is 1160. The zero-order valence-corrected chi connectivity index (χ0v) is 17.2. The normalized spacial score (nSPS) is 25.2. The molecule has 0 saturated carbocycles. The Morgan fingerprint density at radius 2 is 1.52 bits per heavy atom. The topological polar surface area (TPSA) is 70.1 Å². The number of rotatable bonds is 3. The zero-order chi connectivity index (χ0) is 21.8.